The number of nitrogens with zero attached hydrogens (tertiary/aromatic N) is 1. The highest BCUT2D eigenvalue weighted by Crippen LogP contribution is 2.28. The van der Waals surface area contributed by atoms with E-state index in [9.17, 15) is 12.8 Å². The van der Waals surface area contributed by atoms with Crippen molar-refractivity contribution >= 4 is 42.4 Å². The molecule has 0 aliphatic rings. The molecule has 1 heterocycles. The predicted octanol–water partition coefficient (Wildman–Crippen LogP) is 2.92. The van der Waals surface area contributed by atoms with E-state index in [2.05, 4.69) is 25.6 Å². The number of nitrogens with one attached hydrogen (secondary N) is 1. The first kappa shape index (κ1) is 16.3. The summed E-state index contributed by atoms with van der Waals surface area (Å²) in [7, 11) is -4.07. The molecule has 2 aromatic rings. The van der Waals surface area contributed by atoms with Gasteiger partial charge < -0.3 is 5.73 Å². The van der Waals surface area contributed by atoms with Gasteiger partial charge in [0.1, 0.15) is 10.7 Å². The van der Waals surface area contributed by atoms with Crippen LogP contribution in [0.2, 0.25) is 0 Å². The highest BCUT2D eigenvalue weighted by molar-refractivity contribution is 9.10. The average Bonchev–Trinajstić information content (AvgIpc) is 2.69. The molecule has 0 bridgehead atoms. The molecule has 0 saturated heterocycles. The summed E-state index contributed by atoms with van der Waals surface area (Å²) in [5, 5.41) is 0.207. The third-order valence-electron chi connectivity index (χ3n) is 2.84. The molecule has 0 fully saturated rings. The van der Waals surface area contributed by atoms with E-state index in [0.29, 0.717) is 4.47 Å². The van der Waals surface area contributed by atoms with Gasteiger partial charge in [-0.25, -0.2) is 17.8 Å². The Kier molecular flexibility index (Phi) is 4.66. The quantitative estimate of drug-likeness (QED) is 0.835. The first-order valence-corrected chi connectivity index (χ1v) is 8.98. The van der Waals surface area contributed by atoms with Crippen LogP contribution in [0.3, 0.4) is 0 Å². The monoisotopic (exact) mass is 393 g/mol. The van der Waals surface area contributed by atoms with Crippen molar-refractivity contribution in [3.8, 4) is 0 Å². The summed E-state index contributed by atoms with van der Waals surface area (Å²) in [6, 6.07) is 2.65. The summed E-state index contributed by atoms with van der Waals surface area (Å²) >= 11 is 4.35. The first-order chi connectivity index (χ1) is 9.74. The van der Waals surface area contributed by atoms with E-state index in [1.165, 1.54) is 23.5 Å². The van der Waals surface area contributed by atoms with Crippen LogP contribution in [0.15, 0.2) is 21.5 Å². The maximum absolute atomic E-state index is 14.2. The van der Waals surface area contributed by atoms with Gasteiger partial charge in [-0.15, -0.1) is 11.3 Å². The van der Waals surface area contributed by atoms with Crippen LogP contribution in [-0.4, -0.2) is 13.4 Å². The van der Waals surface area contributed by atoms with Crippen molar-refractivity contribution < 1.29 is 12.8 Å². The first-order valence-electron chi connectivity index (χ1n) is 5.89. The number of aromatic nitrogens is 1. The maximum Gasteiger partial charge on any atom is 0.266 e. The SMILES string of the molecule is Cc1nc(NS(=O)(=O)c2cc(Br)cc(CN)c2F)sc1C. The largest absolute Gasteiger partial charge is 0.326 e. The van der Waals surface area contributed by atoms with Gasteiger partial charge in [0.2, 0.25) is 0 Å². The lowest BCUT2D eigenvalue weighted by Crippen LogP contribution is -2.16. The summed E-state index contributed by atoms with van der Waals surface area (Å²) < 4.78 is 41.6. The van der Waals surface area contributed by atoms with Crippen molar-refractivity contribution in [3.05, 3.63) is 38.6 Å². The normalized spacial score (nSPS) is 11.7. The minimum Gasteiger partial charge on any atom is -0.326 e. The number of aryl methyl sites for hydroxylation is 2. The molecule has 1 aromatic carbocycles. The van der Waals surface area contributed by atoms with Crippen LogP contribution in [0.4, 0.5) is 9.52 Å². The van der Waals surface area contributed by atoms with Crippen LogP contribution >= 0.6 is 27.3 Å². The molecule has 114 valence electrons. The van der Waals surface area contributed by atoms with Gasteiger partial charge in [0.25, 0.3) is 10.0 Å². The lowest BCUT2D eigenvalue weighted by atomic mass is 10.2. The number of hydrogen-bond acceptors (Lipinski definition) is 5. The lowest BCUT2D eigenvalue weighted by molar-refractivity contribution is 0.560. The molecular weight excluding hydrogens is 381 g/mol. The highest BCUT2D eigenvalue weighted by atomic mass is 79.9. The van der Waals surface area contributed by atoms with Crippen LogP contribution < -0.4 is 10.5 Å². The number of halogens is 2. The molecule has 0 aliphatic heterocycles. The van der Waals surface area contributed by atoms with Crippen LogP contribution in [0.1, 0.15) is 16.1 Å². The van der Waals surface area contributed by atoms with E-state index in [0.717, 1.165) is 10.6 Å². The number of nitrogens with two attached hydrogens (primary N) is 1. The molecule has 0 saturated carbocycles. The third-order valence-corrected chi connectivity index (χ3v) is 5.75. The highest BCUT2D eigenvalue weighted by Gasteiger charge is 2.23. The predicted molar refractivity (Wildman–Crippen MR) is 84.4 cm³/mol. The molecule has 5 nitrogen and oxygen atoms in total. The smallest absolute Gasteiger partial charge is 0.266 e. The van der Waals surface area contributed by atoms with Crippen LogP contribution in [-0.2, 0) is 16.6 Å². The molecule has 21 heavy (non-hydrogen) atoms. The van der Waals surface area contributed by atoms with Gasteiger partial charge in [-0.3, -0.25) is 4.72 Å². The van der Waals surface area contributed by atoms with Crippen molar-refractivity contribution in [2.75, 3.05) is 4.72 Å². The van der Waals surface area contributed by atoms with E-state index in [1.54, 1.807) is 6.92 Å². The van der Waals surface area contributed by atoms with Gasteiger partial charge in [-0.1, -0.05) is 15.9 Å². The Labute approximate surface area is 134 Å². The summed E-state index contributed by atoms with van der Waals surface area (Å²) in [4.78, 5) is 4.52. The van der Waals surface area contributed by atoms with Crippen molar-refractivity contribution in [2.45, 2.75) is 25.3 Å². The molecule has 0 aliphatic carbocycles. The summed E-state index contributed by atoms with van der Waals surface area (Å²) in [6.07, 6.45) is 0. The van der Waals surface area contributed by atoms with Crippen molar-refractivity contribution in [1.82, 2.24) is 4.98 Å². The Bertz CT molecular complexity index is 771. The van der Waals surface area contributed by atoms with Gasteiger partial charge in [-0.2, -0.15) is 0 Å². The summed E-state index contributed by atoms with van der Waals surface area (Å²) in [6.45, 7) is 3.51. The molecule has 0 spiro atoms. The lowest BCUT2D eigenvalue weighted by Gasteiger charge is -2.09. The fourth-order valence-electron chi connectivity index (χ4n) is 1.65. The van der Waals surface area contributed by atoms with Crippen LogP contribution in [0.25, 0.3) is 0 Å². The van der Waals surface area contributed by atoms with E-state index >= 15 is 0 Å². The number of thiazole rings is 1. The van der Waals surface area contributed by atoms with E-state index < -0.39 is 20.7 Å². The van der Waals surface area contributed by atoms with Gasteiger partial charge >= 0.3 is 0 Å². The van der Waals surface area contributed by atoms with Crippen molar-refractivity contribution in [3.63, 3.8) is 0 Å². The van der Waals surface area contributed by atoms with Crippen LogP contribution in [0.5, 0.6) is 0 Å². The zero-order chi connectivity index (χ0) is 15.8. The number of rotatable bonds is 4. The molecule has 0 atom stereocenters. The molecule has 0 unspecified atom stereocenters. The van der Waals surface area contributed by atoms with Gasteiger partial charge in [-0.05, 0) is 26.0 Å². The Balaban J connectivity index is 2.47. The number of anilines is 1. The van der Waals surface area contributed by atoms with E-state index in [1.807, 2.05) is 6.92 Å². The van der Waals surface area contributed by atoms with Crippen molar-refractivity contribution in [2.24, 2.45) is 5.73 Å². The standard InChI is InChI=1S/C12H13BrFN3O2S2/c1-6-7(2)20-12(16-6)17-21(18,19)10-4-9(13)3-8(5-15)11(10)14/h3-4H,5,15H2,1-2H3,(H,16,17). The second-order valence-electron chi connectivity index (χ2n) is 4.35. The molecule has 9 heteroatoms. The molecule has 2 rings (SSSR count). The summed E-state index contributed by atoms with van der Waals surface area (Å²) in [5.74, 6) is -0.849. The van der Waals surface area contributed by atoms with E-state index in [4.69, 9.17) is 5.73 Å². The zero-order valence-corrected chi connectivity index (χ0v) is 14.5. The topological polar surface area (TPSA) is 85.1 Å². The summed E-state index contributed by atoms with van der Waals surface area (Å²) in [5.41, 5.74) is 6.27. The Hall–Kier alpha value is -1.03. The Morgan fingerprint density at radius 2 is 2.10 bits per heavy atom. The Morgan fingerprint density at radius 3 is 2.62 bits per heavy atom. The average molecular weight is 394 g/mol. The maximum atomic E-state index is 14.2. The Morgan fingerprint density at radius 1 is 1.43 bits per heavy atom. The molecule has 1 aromatic heterocycles. The fourth-order valence-corrected chi connectivity index (χ4v) is 4.50. The second kappa shape index (κ2) is 5.99. The third kappa shape index (κ3) is 3.42. The fraction of sp³-hybridized carbons (Fsp3) is 0.250. The molecule has 3 N–H and O–H groups in total. The minimum atomic E-state index is -4.07. The number of benzene rings is 1. The van der Waals surface area contributed by atoms with Gasteiger partial charge in [0.15, 0.2) is 5.13 Å². The second-order valence-corrected chi connectivity index (χ2v) is 8.12. The minimum absolute atomic E-state index is 0.0940. The molecule has 0 amide bonds. The van der Waals surface area contributed by atoms with Crippen LogP contribution in [0, 0.1) is 19.7 Å². The number of hydrogen-bond donors (Lipinski definition) is 2. The number of sulfonamides is 1. The van der Waals surface area contributed by atoms with Gasteiger partial charge in [0.05, 0.1) is 5.69 Å². The molecule has 0 radical (unpaired) electrons. The molecular formula is C12H13BrFN3O2S2. The van der Waals surface area contributed by atoms with E-state index in [-0.39, 0.29) is 17.2 Å². The van der Waals surface area contributed by atoms with Gasteiger partial charge in [0, 0.05) is 21.5 Å². The van der Waals surface area contributed by atoms with Crippen molar-refractivity contribution in [1.29, 1.82) is 0 Å². The zero-order valence-electron chi connectivity index (χ0n) is 11.3.